The van der Waals surface area contributed by atoms with Crippen molar-refractivity contribution in [1.82, 2.24) is 20.0 Å². The van der Waals surface area contributed by atoms with E-state index in [4.69, 9.17) is 4.74 Å². The third-order valence-corrected chi connectivity index (χ3v) is 4.53. The lowest BCUT2D eigenvalue weighted by molar-refractivity contribution is -0.137. The lowest BCUT2D eigenvalue weighted by atomic mass is 10.0. The molecule has 1 saturated heterocycles. The molecule has 0 bridgehead atoms. The monoisotopic (exact) mass is 368 g/mol. The number of hydrogen-bond acceptors (Lipinski definition) is 4. The number of hydrogen-bond donors (Lipinski definition) is 1. The number of aromatic nitrogens is 2. The largest absolute Gasteiger partial charge is 0.416 e. The van der Waals surface area contributed by atoms with E-state index in [9.17, 15) is 13.2 Å². The molecule has 0 spiro atoms. The maximum Gasteiger partial charge on any atom is 0.416 e. The van der Waals surface area contributed by atoms with Crippen LogP contribution >= 0.6 is 0 Å². The summed E-state index contributed by atoms with van der Waals surface area (Å²) in [7, 11) is 1.86. The molecule has 0 saturated carbocycles. The van der Waals surface area contributed by atoms with Crippen molar-refractivity contribution >= 4 is 0 Å². The van der Waals surface area contributed by atoms with Crippen molar-refractivity contribution in [3.05, 3.63) is 53.3 Å². The topological polar surface area (TPSA) is 42.3 Å². The van der Waals surface area contributed by atoms with Crippen LogP contribution in [0.25, 0.3) is 0 Å². The summed E-state index contributed by atoms with van der Waals surface area (Å²) in [6.07, 6.45) is -0.574. The van der Waals surface area contributed by atoms with Crippen molar-refractivity contribution in [2.24, 2.45) is 7.05 Å². The number of alkyl halides is 3. The average molecular weight is 368 g/mol. The minimum absolute atomic E-state index is 0.00199. The van der Waals surface area contributed by atoms with Crippen LogP contribution in [0, 0.1) is 0 Å². The van der Waals surface area contributed by atoms with Gasteiger partial charge in [-0.2, -0.15) is 18.3 Å². The Balaban J connectivity index is 1.70. The number of nitrogens with one attached hydrogen (secondary N) is 1. The van der Waals surface area contributed by atoms with Gasteiger partial charge >= 0.3 is 6.18 Å². The van der Waals surface area contributed by atoms with E-state index in [1.54, 1.807) is 23.0 Å². The van der Waals surface area contributed by atoms with E-state index in [1.165, 1.54) is 0 Å². The lowest BCUT2D eigenvalue weighted by Crippen LogP contribution is -2.42. The van der Waals surface area contributed by atoms with E-state index in [2.05, 4.69) is 15.3 Å². The number of aryl methyl sites for hydroxylation is 1. The van der Waals surface area contributed by atoms with Gasteiger partial charge < -0.3 is 10.1 Å². The van der Waals surface area contributed by atoms with Crippen molar-refractivity contribution in [3.63, 3.8) is 0 Å². The van der Waals surface area contributed by atoms with Gasteiger partial charge in [-0.3, -0.25) is 9.58 Å². The summed E-state index contributed by atoms with van der Waals surface area (Å²) in [6, 6.07) is 5.47. The molecule has 1 N–H and O–H groups in total. The van der Waals surface area contributed by atoms with Gasteiger partial charge in [-0.25, -0.2) is 0 Å². The van der Waals surface area contributed by atoms with E-state index >= 15 is 0 Å². The van der Waals surface area contributed by atoms with E-state index in [0.717, 1.165) is 36.3 Å². The van der Waals surface area contributed by atoms with Crippen molar-refractivity contribution in [2.45, 2.75) is 18.8 Å². The Hall–Kier alpha value is -1.90. The van der Waals surface area contributed by atoms with Crippen LogP contribution in [0.3, 0.4) is 0 Å². The number of rotatable bonds is 6. The molecular formula is C18H23F3N4O. The molecule has 0 radical (unpaired) electrons. The van der Waals surface area contributed by atoms with Crippen LogP contribution in [0.1, 0.15) is 22.7 Å². The highest BCUT2D eigenvalue weighted by atomic mass is 19.4. The molecule has 5 nitrogen and oxygen atoms in total. The van der Waals surface area contributed by atoms with E-state index < -0.39 is 11.7 Å². The second-order valence-electron chi connectivity index (χ2n) is 6.44. The highest BCUT2D eigenvalue weighted by Gasteiger charge is 2.31. The fraction of sp³-hybridized carbons (Fsp3) is 0.500. The minimum atomic E-state index is -4.31. The van der Waals surface area contributed by atoms with Crippen LogP contribution in [0.5, 0.6) is 0 Å². The molecular weight excluding hydrogens is 345 g/mol. The fourth-order valence-corrected chi connectivity index (χ4v) is 3.16. The van der Waals surface area contributed by atoms with Crippen molar-refractivity contribution < 1.29 is 17.9 Å². The van der Waals surface area contributed by atoms with E-state index in [1.807, 2.05) is 13.2 Å². The number of morpholine rings is 1. The molecule has 0 aliphatic carbocycles. The Morgan fingerprint density at radius 2 is 1.88 bits per heavy atom. The normalized spacial score (nSPS) is 17.4. The zero-order valence-corrected chi connectivity index (χ0v) is 14.7. The molecule has 1 aromatic carbocycles. The summed E-state index contributed by atoms with van der Waals surface area (Å²) >= 11 is 0. The number of halogens is 3. The zero-order chi connectivity index (χ0) is 18.6. The molecule has 1 aliphatic heterocycles. The molecule has 142 valence electrons. The predicted molar refractivity (Wildman–Crippen MR) is 91.5 cm³/mol. The smallest absolute Gasteiger partial charge is 0.379 e. The fourth-order valence-electron chi connectivity index (χ4n) is 3.16. The lowest BCUT2D eigenvalue weighted by Gasteiger charge is -2.35. The standard InChI is InChI=1S/C18H23F3N4O/c1-24-13-14(11-23-24)10-22-12-17(25-6-8-26-9-7-25)15-2-4-16(5-3-15)18(19,20)21/h2-5,11,13,17,22H,6-10,12H2,1H3. The Morgan fingerprint density at radius 3 is 2.46 bits per heavy atom. The first-order valence-electron chi connectivity index (χ1n) is 8.60. The quantitative estimate of drug-likeness (QED) is 0.851. The summed E-state index contributed by atoms with van der Waals surface area (Å²) in [4.78, 5) is 2.25. The number of benzene rings is 1. The molecule has 2 heterocycles. The Kier molecular flexibility index (Phi) is 5.95. The van der Waals surface area contributed by atoms with Gasteiger partial charge in [-0.05, 0) is 17.7 Å². The summed E-state index contributed by atoms with van der Waals surface area (Å²) in [5.74, 6) is 0. The van der Waals surface area contributed by atoms with Crippen molar-refractivity contribution in [3.8, 4) is 0 Å². The third kappa shape index (κ3) is 4.84. The van der Waals surface area contributed by atoms with E-state index in [-0.39, 0.29) is 6.04 Å². The zero-order valence-electron chi connectivity index (χ0n) is 14.7. The van der Waals surface area contributed by atoms with Gasteiger partial charge in [0, 0.05) is 51.0 Å². The highest BCUT2D eigenvalue weighted by Crippen LogP contribution is 2.31. The summed E-state index contributed by atoms with van der Waals surface area (Å²) in [6.45, 7) is 4.11. The number of nitrogens with zero attached hydrogens (tertiary/aromatic N) is 3. The molecule has 8 heteroatoms. The molecule has 1 unspecified atom stereocenters. The summed E-state index contributed by atoms with van der Waals surface area (Å²) in [5.41, 5.74) is 1.32. The first kappa shape index (κ1) is 18.9. The molecule has 26 heavy (non-hydrogen) atoms. The van der Waals surface area contributed by atoms with Gasteiger partial charge in [0.1, 0.15) is 0 Å². The van der Waals surface area contributed by atoms with Crippen LogP contribution < -0.4 is 5.32 Å². The third-order valence-electron chi connectivity index (χ3n) is 4.53. The maximum absolute atomic E-state index is 12.8. The van der Waals surface area contributed by atoms with Gasteiger partial charge in [-0.1, -0.05) is 12.1 Å². The summed E-state index contributed by atoms with van der Waals surface area (Å²) in [5, 5.41) is 7.54. The Labute approximate surface area is 150 Å². The molecule has 1 aromatic heterocycles. The second kappa shape index (κ2) is 8.20. The first-order valence-corrected chi connectivity index (χ1v) is 8.60. The van der Waals surface area contributed by atoms with Crippen LogP contribution in [0.4, 0.5) is 13.2 Å². The molecule has 1 atom stereocenters. The summed E-state index contributed by atoms with van der Waals surface area (Å²) < 4.78 is 45.6. The van der Waals surface area contributed by atoms with Gasteiger partial charge in [0.15, 0.2) is 0 Å². The maximum atomic E-state index is 12.8. The number of ether oxygens (including phenoxy) is 1. The minimum Gasteiger partial charge on any atom is -0.379 e. The van der Waals surface area contributed by atoms with Crippen LogP contribution in [-0.2, 0) is 24.5 Å². The van der Waals surface area contributed by atoms with Crippen LogP contribution in [0.15, 0.2) is 36.7 Å². The first-order chi connectivity index (χ1) is 12.4. The van der Waals surface area contributed by atoms with Crippen LogP contribution in [-0.4, -0.2) is 47.5 Å². The SMILES string of the molecule is Cn1cc(CNCC(c2ccc(C(F)(F)F)cc2)N2CCOCC2)cn1. The molecule has 3 rings (SSSR count). The molecule has 1 aliphatic rings. The van der Waals surface area contributed by atoms with Crippen molar-refractivity contribution in [1.29, 1.82) is 0 Å². The Morgan fingerprint density at radius 1 is 1.19 bits per heavy atom. The average Bonchev–Trinajstić information content (AvgIpc) is 3.04. The van der Waals surface area contributed by atoms with Gasteiger partial charge in [-0.15, -0.1) is 0 Å². The molecule has 1 fully saturated rings. The van der Waals surface area contributed by atoms with Crippen LogP contribution in [0.2, 0.25) is 0 Å². The van der Waals surface area contributed by atoms with Gasteiger partial charge in [0.2, 0.25) is 0 Å². The molecule has 0 amide bonds. The highest BCUT2D eigenvalue weighted by molar-refractivity contribution is 5.27. The van der Waals surface area contributed by atoms with Gasteiger partial charge in [0.25, 0.3) is 0 Å². The second-order valence-corrected chi connectivity index (χ2v) is 6.44. The van der Waals surface area contributed by atoms with E-state index in [0.29, 0.717) is 26.3 Å². The van der Waals surface area contributed by atoms with Crippen molar-refractivity contribution in [2.75, 3.05) is 32.8 Å². The van der Waals surface area contributed by atoms with Gasteiger partial charge in [0.05, 0.1) is 25.0 Å². The Bertz CT molecular complexity index is 693. The predicted octanol–water partition coefficient (Wildman–Crippen LogP) is 2.60. The molecule has 2 aromatic rings.